The minimum Gasteiger partial charge on any atom is -0.512 e. The third-order valence-electron chi connectivity index (χ3n) is 3.87. The van der Waals surface area contributed by atoms with Crippen LogP contribution in [0.1, 0.15) is 24.0 Å². The number of pyridine rings is 1. The number of hydrogen-bond acceptors (Lipinski definition) is 5. The van der Waals surface area contributed by atoms with Crippen LogP contribution in [-0.4, -0.2) is 26.8 Å². The van der Waals surface area contributed by atoms with Crippen LogP contribution in [-0.2, 0) is 0 Å². The van der Waals surface area contributed by atoms with E-state index in [9.17, 15) is 9.90 Å². The van der Waals surface area contributed by atoms with Gasteiger partial charge in [-0.1, -0.05) is 0 Å². The number of nitrogens with zero attached hydrogens (tertiary/aromatic N) is 3. The number of aliphatic hydroxyl groups excluding tert-OH is 1. The molecule has 0 fully saturated rings. The maximum absolute atomic E-state index is 12.5. The molecule has 3 rings (SSSR count). The fraction of sp³-hybridized carbons (Fsp3) is 0.211. The van der Waals surface area contributed by atoms with Crippen LogP contribution in [0, 0.1) is 13.8 Å². The van der Waals surface area contributed by atoms with Crippen molar-refractivity contribution in [2.45, 2.75) is 20.8 Å². The Morgan fingerprint density at radius 2 is 1.88 bits per heavy atom. The maximum atomic E-state index is 12.5. The second-order valence-corrected chi connectivity index (χ2v) is 5.87. The molecule has 128 valence electrons. The van der Waals surface area contributed by atoms with Gasteiger partial charge in [-0.15, -0.1) is 0 Å². The summed E-state index contributed by atoms with van der Waals surface area (Å²) in [5.74, 6) is 1.09. The molecule has 0 unspecified atom stereocenters. The van der Waals surface area contributed by atoms with Crippen LogP contribution in [0.25, 0.3) is 22.8 Å². The molecule has 25 heavy (non-hydrogen) atoms. The Balaban J connectivity index is 2.45. The Labute approximate surface area is 145 Å². The topological polar surface area (TPSA) is 77.2 Å². The molecule has 2 heterocycles. The molecule has 0 saturated heterocycles. The standard InChI is InChI=1S/C19H19N3O3/c1-11-9-12(2)20-18-17(11)19(24)21-16(10-13(3)23)22(18)14-5-7-15(25-4)8-6-14/h5-10,23H,1-4H3. The molecule has 0 amide bonds. The Kier molecular flexibility index (Phi) is 4.27. The lowest BCUT2D eigenvalue weighted by molar-refractivity contribution is 0.414. The van der Waals surface area contributed by atoms with Gasteiger partial charge in [0.05, 0.1) is 18.3 Å². The molecule has 0 radical (unpaired) electrons. The van der Waals surface area contributed by atoms with Crippen LogP contribution < -0.4 is 10.3 Å². The highest BCUT2D eigenvalue weighted by molar-refractivity contribution is 5.81. The zero-order chi connectivity index (χ0) is 18.1. The highest BCUT2D eigenvalue weighted by atomic mass is 16.5. The van der Waals surface area contributed by atoms with Gasteiger partial charge in [0.2, 0.25) is 0 Å². The highest BCUT2D eigenvalue weighted by Gasteiger charge is 2.15. The average molecular weight is 337 g/mol. The van der Waals surface area contributed by atoms with E-state index in [4.69, 9.17) is 4.74 Å². The van der Waals surface area contributed by atoms with Crippen molar-refractivity contribution >= 4 is 17.1 Å². The molecule has 6 heteroatoms. The molecule has 0 atom stereocenters. The van der Waals surface area contributed by atoms with Gasteiger partial charge in [-0.25, -0.2) is 4.98 Å². The van der Waals surface area contributed by atoms with Gasteiger partial charge in [-0.05, 0) is 56.7 Å². The van der Waals surface area contributed by atoms with Gasteiger partial charge >= 0.3 is 0 Å². The minimum absolute atomic E-state index is 0.0536. The number of benzene rings is 1. The average Bonchev–Trinajstić information content (AvgIpc) is 2.54. The fourth-order valence-electron chi connectivity index (χ4n) is 2.83. The number of rotatable bonds is 3. The van der Waals surface area contributed by atoms with Crippen molar-refractivity contribution in [3.63, 3.8) is 0 Å². The number of hydrogen-bond donors (Lipinski definition) is 1. The molecule has 0 bridgehead atoms. The molecule has 1 N–H and O–H groups in total. The molecule has 2 aromatic heterocycles. The Morgan fingerprint density at radius 1 is 1.20 bits per heavy atom. The lowest BCUT2D eigenvalue weighted by Crippen LogP contribution is -2.18. The number of aryl methyl sites for hydroxylation is 2. The van der Waals surface area contributed by atoms with Gasteiger partial charge in [0.15, 0.2) is 5.65 Å². The Hall–Kier alpha value is -3.15. The molecule has 0 aliphatic rings. The zero-order valence-corrected chi connectivity index (χ0v) is 14.6. The van der Waals surface area contributed by atoms with E-state index in [1.165, 1.54) is 13.0 Å². The monoisotopic (exact) mass is 337 g/mol. The number of allylic oxidation sites excluding steroid dienone is 1. The predicted molar refractivity (Wildman–Crippen MR) is 97.4 cm³/mol. The summed E-state index contributed by atoms with van der Waals surface area (Å²) < 4.78 is 6.96. The van der Waals surface area contributed by atoms with E-state index in [2.05, 4.69) is 9.97 Å². The maximum Gasteiger partial charge on any atom is 0.283 e. The van der Waals surface area contributed by atoms with E-state index < -0.39 is 0 Å². The van der Waals surface area contributed by atoms with Crippen LogP contribution in [0.4, 0.5) is 0 Å². The number of aliphatic hydroxyl groups is 1. The van der Waals surface area contributed by atoms with Gasteiger partial charge in [0, 0.05) is 17.5 Å². The van der Waals surface area contributed by atoms with E-state index in [1.54, 1.807) is 11.7 Å². The first kappa shape index (κ1) is 16.7. The first-order chi connectivity index (χ1) is 11.9. The summed E-state index contributed by atoms with van der Waals surface area (Å²) >= 11 is 0. The van der Waals surface area contributed by atoms with Gasteiger partial charge in [-0.2, -0.15) is 4.98 Å². The predicted octanol–water partition coefficient (Wildman–Crippen LogP) is 3.32. The number of fused-ring (bicyclic) bond motifs is 1. The summed E-state index contributed by atoms with van der Waals surface area (Å²) in [5, 5.41) is 10.2. The molecular formula is C19H19N3O3. The Bertz CT molecular complexity index is 1030. The van der Waals surface area contributed by atoms with Crippen LogP contribution >= 0.6 is 0 Å². The molecule has 1 aromatic carbocycles. The van der Waals surface area contributed by atoms with E-state index in [0.29, 0.717) is 16.9 Å². The normalized spacial score (nSPS) is 11.8. The fourth-order valence-corrected chi connectivity index (χ4v) is 2.83. The van der Waals surface area contributed by atoms with Crippen molar-refractivity contribution in [1.29, 1.82) is 0 Å². The van der Waals surface area contributed by atoms with Crippen molar-refractivity contribution < 1.29 is 9.84 Å². The van der Waals surface area contributed by atoms with Crippen LogP contribution in [0.15, 0.2) is 40.9 Å². The van der Waals surface area contributed by atoms with Crippen molar-refractivity contribution in [2.75, 3.05) is 7.11 Å². The van der Waals surface area contributed by atoms with E-state index >= 15 is 0 Å². The van der Waals surface area contributed by atoms with Gasteiger partial charge in [0.1, 0.15) is 11.6 Å². The zero-order valence-electron chi connectivity index (χ0n) is 14.6. The summed E-state index contributed by atoms with van der Waals surface area (Å²) in [6.45, 7) is 5.28. The SMILES string of the molecule is COc1ccc(-n2c(C=C(C)O)nc(=O)c3c(C)cc(C)nc32)cc1. The Morgan fingerprint density at radius 3 is 2.48 bits per heavy atom. The van der Waals surface area contributed by atoms with E-state index in [-0.39, 0.29) is 11.3 Å². The van der Waals surface area contributed by atoms with Crippen molar-refractivity contribution in [2.24, 2.45) is 0 Å². The first-order valence-corrected chi connectivity index (χ1v) is 7.83. The van der Waals surface area contributed by atoms with Crippen LogP contribution in [0.3, 0.4) is 0 Å². The van der Waals surface area contributed by atoms with Gasteiger partial charge in [-0.3, -0.25) is 9.36 Å². The first-order valence-electron chi connectivity index (χ1n) is 7.83. The molecule has 0 aliphatic carbocycles. The van der Waals surface area contributed by atoms with Gasteiger partial charge in [0.25, 0.3) is 5.56 Å². The summed E-state index contributed by atoms with van der Waals surface area (Å²) in [4.78, 5) is 21.2. The molecule has 3 aromatic rings. The molecule has 0 aliphatic heterocycles. The molecule has 0 spiro atoms. The summed E-state index contributed by atoms with van der Waals surface area (Å²) in [7, 11) is 1.60. The quantitative estimate of drug-likeness (QED) is 0.742. The van der Waals surface area contributed by atoms with E-state index in [1.807, 2.05) is 44.2 Å². The van der Waals surface area contributed by atoms with Crippen molar-refractivity contribution in [1.82, 2.24) is 14.5 Å². The summed E-state index contributed by atoms with van der Waals surface area (Å²) in [6, 6.07) is 9.21. The molecule has 0 saturated carbocycles. The summed E-state index contributed by atoms with van der Waals surface area (Å²) in [5.41, 5.74) is 2.53. The molecular weight excluding hydrogens is 318 g/mol. The minimum atomic E-state index is -0.364. The third kappa shape index (κ3) is 3.10. The number of methoxy groups -OCH3 is 1. The van der Waals surface area contributed by atoms with Crippen molar-refractivity contribution in [3.8, 4) is 11.4 Å². The van der Waals surface area contributed by atoms with Crippen molar-refractivity contribution in [3.05, 3.63) is 63.5 Å². The second kappa shape index (κ2) is 6.39. The lowest BCUT2D eigenvalue weighted by Gasteiger charge is -2.15. The molecule has 6 nitrogen and oxygen atoms in total. The lowest BCUT2D eigenvalue weighted by atomic mass is 10.1. The smallest absolute Gasteiger partial charge is 0.283 e. The van der Waals surface area contributed by atoms with Crippen LogP contribution in [0.2, 0.25) is 0 Å². The second-order valence-electron chi connectivity index (χ2n) is 5.87. The number of aromatic nitrogens is 3. The summed E-state index contributed by atoms with van der Waals surface area (Å²) in [6.07, 6.45) is 1.45. The van der Waals surface area contributed by atoms with Crippen LogP contribution in [0.5, 0.6) is 5.75 Å². The van der Waals surface area contributed by atoms with E-state index in [0.717, 1.165) is 22.7 Å². The third-order valence-corrected chi connectivity index (χ3v) is 3.87. The highest BCUT2D eigenvalue weighted by Crippen LogP contribution is 2.22. The largest absolute Gasteiger partial charge is 0.512 e. The van der Waals surface area contributed by atoms with Gasteiger partial charge < -0.3 is 9.84 Å². The number of ether oxygens (including phenoxy) is 1.